The lowest BCUT2D eigenvalue weighted by Crippen LogP contribution is -2.28. The summed E-state index contributed by atoms with van der Waals surface area (Å²) in [5, 5.41) is 14.0. The Morgan fingerprint density at radius 3 is 2.71 bits per heavy atom. The van der Waals surface area contributed by atoms with Crippen molar-refractivity contribution in [2.45, 2.75) is 33.2 Å². The van der Waals surface area contributed by atoms with Gasteiger partial charge in [-0.15, -0.1) is 0 Å². The van der Waals surface area contributed by atoms with Crippen LogP contribution in [-0.2, 0) is 9.53 Å². The van der Waals surface area contributed by atoms with Gasteiger partial charge in [0, 0.05) is 0 Å². The summed E-state index contributed by atoms with van der Waals surface area (Å²) in [4.78, 5) is 22.3. The summed E-state index contributed by atoms with van der Waals surface area (Å²) in [5.41, 5.74) is 0.0521. The molecule has 0 aliphatic carbocycles. The number of ether oxygens (including phenoxy) is 2. The first-order chi connectivity index (χ1) is 10.0. The van der Waals surface area contributed by atoms with Crippen molar-refractivity contribution in [1.29, 1.82) is 0 Å². The highest BCUT2D eigenvalue weighted by Gasteiger charge is 2.24. The summed E-state index contributed by atoms with van der Waals surface area (Å²) < 4.78 is 10.2. The van der Waals surface area contributed by atoms with Gasteiger partial charge >= 0.3 is 11.7 Å². The Morgan fingerprint density at radius 2 is 2.14 bits per heavy atom. The lowest BCUT2D eigenvalue weighted by Gasteiger charge is -2.15. The molecule has 0 amide bonds. The maximum absolute atomic E-state index is 11.6. The molecule has 0 saturated carbocycles. The van der Waals surface area contributed by atoms with Crippen LogP contribution in [0.15, 0.2) is 18.2 Å². The number of nitro groups is 1. The molecule has 1 aromatic carbocycles. The Balaban J connectivity index is 3.00. The van der Waals surface area contributed by atoms with E-state index in [1.807, 2.05) is 6.92 Å². The third-order valence-corrected chi connectivity index (χ3v) is 2.66. The van der Waals surface area contributed by atoms with E-state index in [0.29, 0.717) is 6.61 Å². The number of nitro benzene ring substituents is 1. The molecule has 1 rings (SSSR count). The van der Waals surface area contributed by atoms with Crippen LogP contribution in [0.4, 0.5) is 11.4 Å². The molecule has 1 aromatic rings. The van der Waals surface area contributed by atoms with Gasteiger partial charge in [-0.1, -0.05) is 13.0 Å². The van der Waals surface area contributed by atoms with Gasteiger partial charge in [0.05, 0.1) is 18.1 Å². The molecule has 116 valence electrons. The van der Waals surface area contributed by atoms with E-state index in [0.717, 1.165) is 6.42 Å². The second-order valence-corrected chi connectivity index (χ2v) is 4.38. The number of carbonyl (C=O) groups is 1. The van der Waals surface area contributed by atoms with E-state index in [2.05, 4.69) is 5.32 Å². The van der Waals surface area contributed by atoms with Gasteiger partial charge in [-0.25, -0.2) is 4.79 Å². The van der Waals surface area contributed by atoms with Crippen LogP contribution in [-0.4, -0.2) is 30.1 Å². The SMILES string of the molecule is CCCOc1cccc(NC(C)C(=O)OCC)c1[N+](=O)[O-]. The lowest BCUT2D eigenvalue weighted by molar-refractivity contribution is -0.385. The molecular formula is C14H20N2O5. The van der Waals surface area contributed by atoms with Gasteiger partial charge in [0.2, 0.25) is 0 Å². The van der Waals surface area contributed by atoms with Crippen LogP contribution in [0.1, 0.15) is 27.2 Å². The number of esters is 1. The average Bonchev–Trinajstić information content (AvgIpc) is 2.44. The van der Waals surface area contributed by atoms with Crippen molar-refractivity contribution < 1.29 is 19.2 Å². The number of nitrogens with zero attached hydrogens (tertiary/aromatic N) is 1. The summed E-state index contributed by atoms with van der Waals surface area (Å²) in [6.07, 6.45) is 0.744. The number of hydrogen-bond donors (Lipinski definition) is 1. The van der Waals surface area contributed by atoms with E-state index < -0.39 is 16.9 Å². The molecular weight excluding hydrogens is 276 g/mol. The molecule has 0 saturated heterocycles. The first-order valence-corrected chi connectivity index (χ1v) is 6.84. The second kappa shape index (κ2) is 8.08. The van der Waals surface area contributed by atoms with Gasteiger partial charge in [0.25, 0.3) is 0 Å². The molecule has 0 bridgehead atoms. The number of rotatable bonds is 8. The third-order valence-electron chi connectivity index (χ3n) is 2.66. The van der Waals surface area contributed by atoms with Gasteiger partial charge in [-0.05, 0) is 32.4 Å². The monoisotopic (exact) mass is 296 g/mol. The number of hydrogen-bond acceptors (Lipinski definition) is 6. The quantitative estimate of drug-likeness (QED) is 0.450. The van der Waals surface area contributed by atoms with Crippen LogP contribution < -0.4 is 10.1 Å². The smallest absolute Gasteiger partial charge is 0.333 e. The number of carbonyl (C=O) groups excluding carboxylic acids is 1. The average molecular weight is 296 g/mol. The fourth-order valence-corrected chi connectivity index (χ4v) is 1.72. The second-order valence-electron chi connectivity index (χ2n) is 4.38. The minimum atomic E-state index is -0.690. The van der Waals surface area contributed by atoms with Crippen molar-refractivity contribution in [1.82, 2.24) is 0 Å². The molecule has 7 heteroatoms. The Hall–Kier alpha value is -2.31. The van der Waals surface area contributed by atoms with Crippen molar-refractivity contribution in [3.63, 3.8) is 0 Å². The van der Waals surface area contributed by atoms with Crippen molar-refractivity contribution >= 4 is 17.3 Å². The van der Waals surface area contributed by atoms with Crippen LogP contribution in [0.2, 0.25) is 0 Å². The number of anilines is 1. The Kier molecular flexibility index (Phi) is 6.45. The van der Waals surface area contributed by atoms with E-state index in [9.17, 15) is 14.9 Å². The minimum Gasteiger partial charge on any atom is -0.487 e. The topological polar surface area (TPSA) is 90.7 Å². The summed E-state index contributed by atoms with van der Waals surface area (Å²) in [5.74, 6) is -0.283. The Morgan fingerprint density at radius 1 is 1.43 bits per heavy atom. The molecule has 0 heterocycles. The maximum atomic E-state index is 11.6. The summed E-state index contributed by atoms with van der Waals surface area (Å²) in [7, 11) is 0. The molecule has 0 radical (unpaired) electrons. The predicted octanol–water partition coefficient (Wildman–Crippen LogP) is 2.75. The fourth-order valence-electron chi connectivity index (χ4n) is 1.72. The molecule has 1 atom stereocenters. The van der Waals surface area contributed by atoms with E-state index in [4.69, 9.17) is 9.47 Å². The van der Waals surface area contributed by atoms with Crippen LogP contribution in [0.5, 0.6) is 5.75 Å². The van der Waals surface area contributed by atoms with Gasteiger partial charge in [0.1, 0.15) is 11.7 Å². The van der Waals surface area contributed by atoms with Crippen LogP contribution in [0, 0.1) is 10.1 Å². The molecule has 0 fully saturated rings. The molecule has 0 aromatic heterocycles. The standard InChI is InChI=1S/C14H20N2O5/c1-4-9-21-12-8-6-7-11(13(12)16(18)19)15-10(3)14(17)20-5-2/h6-8,10,15H,4-5,9H2,1-3H3. The Bertz CT molecular complexity index is 504. The van der Waals surface area contributed by atoms with E-state index >= 15 is 0 Å². The highest BCUT2D eigenvalue weighted by Crippen LogP contribution is 2.35. The lowest BCUT2D eigenvalue weighted by atomic mass is 10.2. The highest BCUT2D eigenvalue weighted by atomic mass is 16.6. The van der Waals surface area contributed by atoms with E-state index in [1.54, 1.807) is 19.9 Å². The molecule has 0 spiro atoms. The highest BCUT2D eigenvalue weighted by molar-refractivity contribution is 5.81. The van der Waals surface area contributed by atoms with Crippen molar-refractivity contribution in [2.24, 2.45) is 0 Å². The first kappa shape index (κ1) is 16.7. The van der Waals surface area contributed by atoms with Crippen LogP contribution >= 0.6 is 0 Å². The third kappa shape index (κ3) is 4.62. The van der Waals surface area contributed by atoms with Crippen molar-refractivity contribution in [3.8, 4) is 5.75 Å². The summed E-state index contributed by atoms with van der Waals surface area (Å²) in [6, 6.07) is 4.02. The number of nitrogens with one attached hydrogen (secondary N) is 1. The van der Waals surface area contributed by atoms with Gasteiger partial charge in [-0.3, -0.25) is 10.1 Å². The number of benzene rings is 1. The van der Waals surface area contributed by atoms with Crippen molar-refractivity contribution in [3.05, 3.63) is 28.3 Å². The van der Waals surface area contributed by atoms with Gasteiger partial charge in [-0.2, -0.15) is 0 Å². The zero-order chi connectivity index (χ0) is 15.8. The largest absolute Gasteiger partial charge is 0.487 e. The zero-order valence-electron chi connectivity index (χ0n) is 12.4. The molecule has 7 nitrogen and oxygen atoms in total. The van der Waals surface area contributed by atoms with Crippen LogP contribution in [0.3, 0.4) is 0 Å². The molecule has 0 aliphatic heterocycles. The normalized spacial score (nSPS) is 11.6. The predicted molar refractivity (Wildman–Crippen MR) is 78.6 cm³/mol. The molecule has 0 aliphatic rings. The Labute approximate surface area is 123 Å². The van der Waals surface area contributed by atoms with E-state index in [-0.39, 0.29) is 23.7 Å². The molecule has 1 unspecified atom stereocenters. The summed E-state index contributed by atoms with van der Waals surface area (Å²) >= 11 is 0. The number of para-hydroxylation sites is 1. The zero-order valence-corrected chi connectivity index (χ0v) is 12.4. The summed E-state index contributed by atoms with van der Waals surface area (Å²) in [6.45, 7) is 5.84. The van der Waals surface area contributed by atoms with Crippen molar-refractivity contribution in [2.75, 3.05) is 18.5 Å². The fraction of sp³-hybridized carbons (Fsp3) is 0.500. The first-order valence-electron chi connectivity index (χ1n) is 6.84. The molecule has 1 N–H and O–H groups in total. The van der Waals surface area contributed by atoms with Crippen LogP contribution in [0.25, 0.3) is 0 Å². The van der Waals surface area contributed by atoms with Gasteiger partial charge in [0.15, 0.2) is 5.75 Å². The minimum absolute atomic E-state index is 0.179. The molecule has 21 heavy (non-hydrogen) atoms. The van der Waals surface area contributed by atoms with E-state index in [1.165, 1.54) is 12.1 Å². The van der Waals surface area contributed by atoms with Gasteiger partial charge < -0.3 is 14.8 Å². The maximum Gasteiger partial charge on any atom is 0.333 e.